The van der Waals surface area contributed by atoms with E-state index in [-0.39, 0.29) is 0 Å². The molecular weight excluding hydrogens is 206 g/mol. The highest BCUT2D eigenvalue weighted by Crippen LogP contribution is 2.09. The van der Waals surface area contributed by atoms with Gasteiger partial charge >= 0.3 is 6.09 Å². The van der Waals surface area contributed by atoms with Crippen LogP contribution in [0.1, 0.15) is 0 Å². The van der Waals surface area contributed by atoms with Crippen molar-refractivity contribution in [2.75, 3.05) is 26.2 Å². The first kappa shape index (κ1) is 12.5. The molecular formula is C11H17N3O2. The lowest BCUT2D eigenvalue weighted by molar-refractivity contribution is 0.155. The Morgan fingerprint density at radius 1 is 1.12 bits per heavy atom. The smallest absolute Gasteiger partial charge is 0.410 e. The fourth-order valence-electron chi connectivity index (χ4n) is 1.26. The van der Waals surface area contributed by atoms with Crippen LogP contribution in [0.5, 0.6) is 5.75 Å². The summed E-state index contributed by atoms with van der Waals surface area (Å²) in [7, 11) is 0. The second-order valence-corrected chi connectivity index (χ2v) is 3.25. The second kappa shape index (κ2) is 6.81. The van der Waals surface area contributed by atoms with Crippen molar-refractivity contribution < 1.29 is 9.53 Å². The molecule has 4 N–H and O–H groups in total. The molecule has 16 heavy (non-hydrogen) atoms. The number of nitrogens with two attached hydrogens (primary N) is 2. The standard InChI is InChI=1S/C11H17N3O2/c12-6-8-14(9-7-13)11(15)16-10-4-2-1-3-5-10/h1-5H,6-9,12-13H2. The van der Waals surface area contributed by atoms with Crippen LogP contribution in [-0.2, 0) is 0 Å². The first-order valence-corrected chi connectivity index (χ1v) is 5.20. The van der Waals surface area contributed by atoms with Crippen molar-refractivity contribution in [3.8, 4) is 5.75 Å². The van der Waals surface area contributed by atoms with Crippen LogP contribution in [0.25, 0.3) is 0 Å². The number of carbonyl (C=O) groups excluding carboxylic acids is 1. The number of hydrogen-bond acceptors (Lipinski definition) is 4. The van der Waals surface area contributed by atoms with E-state index < -0.39 is 6.09 Å². The lowest BCUT2D eigenvalue weighted by Crippen LogP contribution is -2.40. The summed E-state index contributed by atoms with van der Waals surface area (Å²) >= 11 is 0. The maximum atomic E-state index is 11.7. The van der Waals surface area contributed by atoms with Gasteiger partial charge in [0, 0.05) is 26.2 Å². The molecule has 0 saturated carbocycles. The predicted molar refractivity (Wildman–Crippen MR) is 62.1 cm³/mol. The second-order valence-electron chi connectivity index (χ2n) is 3.25. The maximum absolute atomic E-state index is 11.7. The van der Waals surface area contributed by atoms with Crippen LogP contribution in [0, 0.1) is 0 Å². The summed E-state index contributed by atoms with van der Waals surface area (Å²) in [4.78, 5) is 13.2. The minimum Gasteiger partial charge on any atom is -0.410 e. The van der Waals surface area contributed by atoms with E-state index in [9.17, 15) is 4.79 Å². The van der Waals surface area contributed by atoms with Gasteiger partial charge in [-0.2, -0.15) is 0 Å². The van der Waals surface area contributed by atoms with Crippen molar-refractivity contribution in [1.82, 2.24) is 4.90 Å². The van der Waals surface area contributed by atoms with E-state index in [1.165, 1.54) is 4.90 Å². The summed E-state index contributed by atoms with van der Waals surface area (Å²) in [5.74, 6) is 0.520. The molecule has 88 valence electrons. The Kier molecular flexibility index (Phi) is 5.31. The van der Waals surface area contributed by atoms with Gasteiger partial charge in [0.1, 0.15) is 5.75 Å². The molecule has 5 heteroatoms. The van der Waals surface area contributed by atoms with Gasteiger partial charge in [-0.3, -0.25) is 0 Å². The number of ether oxygens (including phenoxy) is 1. The van der Waals surface area contributed by atoms with Crippen molar-refractivity contribution in [1.29, 1.82) is 0 Å². The van der Waals surface area contributed by atoms with E-state index in [4.69, 9.17) is 16.2 Å². The van der Waals surface area contributed by atoms with E-state index in [0.29, 0.717) is 31.9 Å². The summed E-state index contributed by atoms with van der Waals surface area (Å²) in [6, 6.07) is 8.91. The number of carbonyl (C=O) groups is 1. The molecule has 0 atom stereocenters. The fourth-order valence-corrected chi connectivity index (χ4v) is 1.26. The van der Waals surface area contributed by atoms with Crippen LogP contribution in [0.2, 0.25) is 0 Å². The van der Waals surface area contributed by atoms with Crippen LogP contribution < -0.4 is 16.2 Å². The lowest BCUT2D eigenvalue weighted by Gasteiger charge is -2.20. The van der Waals surface area contributed by atoms with E-state index in [2.05, 4.69) is 0 Å². The molecule has 0 saturated heterocycles. The molecule has 0 aromatic heterocycles. The van der Waals surface area contributed by atoms with Crippen molar-refractivity contribution in [3.05, 3.63) is 30.3 Å². The number of amides is 1. The zero-order chi connectivity index (χ0) is 11.8. The molecule has 0 spiro atoms. The van der Waals surface area contributed by atoms with E-state index in [1.54, 1.807) is 24.3 Å². The minimum absolute atomic E-state index is 0.393. The number of hydrogen-bond donors (Lipinski definition) is 2. The number of benzene rings is 1. The molecule has 0 aliphatic carbocycles. The Hall–Kier alpha value is -1.59. The number of para-hydroxylation sites is 1. The molecule has 1 amide bonds. The Morgan fingerprint density at radius 3 is 2.19 bits per heavy atom. The first-order valence-electron chi connectivity index (χ1n) is 5.20. The summed E-state index contributed by atoms with van der Waals surface area (Å²) in [5, 5.41) is 0. The van der Waals surface area contributed by atoms with Crippen LogP contribution in [-0.4, -0.2) is 37.2 Å². The Labute approximate surface area is 95.0 Å². The van der Waals surface area contributed by atoms with Crippen LogP contribution in [0.4, 0.5) is 4.79 Å². The molecule has 1 aromatic rings. The van der Waals surface area contributed by atoms with Crippen molar-refractivity contribution in [3.63, 3.8) is 0 Å². The van der Waals surface area contributed by atoms with Crippen molar-refractivity contribution in [2.24, 2.45) is 11.5 Å². The van der Waals surface area contributed by atoms with Gasteiger partial charge in [-0.25, -0.2) is 4.79 Å². The summed E-state index contributed by atoms with van der Waals surface area (Å²) < 4.78 is 5.16. The van der Waals surface area contributed by atoms with Gasteiger partial charge in [0.25, 0.3) is 0 Å². The first-order chi connectivity index (χ1) is 7.77. The summed E-state index contributed by atoms with van der Waals surface area (Å²) in [6.45, 7) is 1.68. The Morgan fingerprint density at radius 2 is 1.69 bits per heavy atom. The molecule has 0 heterocycles. The number of nitrogens with zero attached hydrogens (tertiary/aromatic N) is 1. The average molecular weight is 223 g/mol. The molecule has 0 unspecified atom stereocenters. The van der Waals surface area contributed by atoms with E-state index in [1.807, 2.05) is 6.07 Å². The van der Waals surface area contributed by atoms with Gasteiger partial charge in [0.2, 0.25) is 0 Å². The highest BCUT2D eigenvalue weighted by atomic mass is 16.6. The molecule has 1 aromatic carbocycles. The largest absolute Gasteiger partial charge is 0.415 e. The summed E-state index contributed by atoms with van der Waals surface area (Å²) in [5.41, 5.74) is 10.8. The molecule has 0 bridgehead atoms. The third-order valence-electron chi connectivity index (χ3n) is 2.00. The highest BCUT2D eigenvalue weighted by molar-refractivity contribution is 5.70. The van der Waals surface area contributed by atoms with Gasteiger partial charge in [0.05, 0.1) is 0 Å². The normalized spacial score (nSPS) is 9.88. The lowest BCUT2D eigenvalue weighted by atomic mass is 10.3. The monoisotopic (exact) mass is 223 g/mol. The van der Waals surface area contributed by atoms with E-state index in [0.717, 1.165) is 0 Å². The third kappa shape index (κ3) is 3.88. The molecule has 0 aliphatic heterocycles. The Bertz CT molecular complexity index is 310. The molecule has 0 aliphatic rings. The average Bonchev–Trinajstić information content (AvgIpc) is 2.30. The third-order valence-corrected chi connectivity index (χ3v) is 2.00. The number of rotatable bonds is 5. The molecule has 0 fully saturated rings. The molecule has 5 nitrogen and oxygen atoms in total. The topological polar surface area (TPSA) is 81.6 Å². The highest BCUT2D eigenvalue weighted by Gasteiger charge is 2.13. The van der Waals surface area contributed by atoms with Crippen LogP contribution >= 0.6 is 0 Å². The van der Waals surface area contributed by atoms with E-state index >= 15 is 0 Å². The quantitative estimate of drug-likeness (QED) is 0.757. The van der Waals surface area contributed by atoms with Gasteiger partial charge in [-0.1, -0.05) is 18.2 Å². The summed E-state index contributed by atoms with van der Waals surface area (Å²) in [6.07, 6.45) is -0.415. The SMILES string of the molecule is NCCN(CCN)C(=O)Oc1ccccc1. The Balaban J connectivity index is 2.55. The maximum Gasteiger partial charge on any atom is 0.415 e. The zero-order valence-electron chi connectivity index (χ0n) is 9.13. The zero-order valence-corrected chi connectivity index (χ0v) is 9.13. The minimum atomic E-state index is -0.415. The van der Waals surface area contributed by atoms with Gasteiger partial charge in [-0.05, 0) is 12.1 Å². The molecule has 0 radical (unpaired) electrons. The van der Waals surface area contributed by atoms with Gasteiger partial charge in [0.15, 0.2) is 0 Å². The van der Waals surface area contributed by atoms with Crippen molar-refractivity contribution >= 4 is 6.09 Å². The van der Waals surface area contributed by atoms with Crippen LogP contribution in [0.15, 0.2) is 30.3 Å². The fraction of sp³-hybridized carbons (Fsp3) is 0.364. The van der Waals surface area contributed by atoms with Crippen LogP contribution in [0.3, 0.4) is 0 Å². The predicted octanol–water partition coefficient (Wildman–Crippen LogP) is 0.405. The molecule has 1 rings (SSSR count). The van der Waals surface area contributed by atoms with Gasteiger partial charge < -0.3 is 21.1 Å². The van der Waals surface area contributed by atoms with Gasteiger partial charge in [-0.15, -0.1) is 0 Å². The van der Waals surface area contributed by atoms with Crippen molar-refractivity contribution in [2.45, 2.75) is 0 Å².